The summed E-state index contributed by atoms with van der Waals surface area (Å²) in [5.41, 5.74) is 3.63. The van der Waals surface area contributed by atoms with E-state index in [0.29, 0.717) is 6.04 Å². The fourth-order valence-electron chi connectivity index (χ4n) is 3.50. The van der Waals surface area contributed by atoms with E-state index in [1.807, 2.05) is 6.07 Å². The molecule has 1 aliphatic rings. The monoisotopic (exact) mass is 304 g/mol. The first-order valence-electron chi connectivity index (χ1n) is 8.23. The molecular weight excluding hydrogens is 284 g/mol. The normalized spacial score (nSPS) is 17.1. The fourth-order valence-corrected chi connectivity index (χ4v) is 3.50. The lowest BCUT2D eigenvalue weighted by Gasteiger charge is -2.26. The van der Waals surface area contributed by atoms with Crippen molar-refractivity contribution in [2.75, 3.05) is 0 Å². The second-order valence-electron chi connectivity index (χ2n) is 6.26. The Bertz CT molecular complexity index is 897. The van der Waals surface area contributed by atoms with E-state index in [9.17, 15) is 4.79 Å². The van der Waals surface area contributed by atoms with Crippen molar-refractivity contribution in [1.29, 1.82) is 0 Å². The first-order chi connectivity index (χ1) is 11.3. The summed E-state index contributed by atoms with van der Waals surface area (Å²) in [6, 6.07) is 19.0. The van der Waals surface area contributed by atoms with Crippen molar-refractivity contribution in [3.05, 3.63) is 81.8 Å². The zero-order valence-corrected chi connectivity index (χ0v) is 13.0. The number of rotatable bonds is 3. The summed E-state index contributed by atoms with van der Waals surface area (Å²) >= 11 is 0. The van der Waals surface area contributed by atoms with Crippen LogP contribution in [-0.4, -0.2) is 4.98 Å². The van der Waals surface area contributed by atoms with Gasteiger partial charge in [0, 0.05) is 24.3 Å². The molecule has 1 atom stereocenters. The van der Waals surface area contributed by atoms with E-state index in [4.69, 9.17) is 0 Å². The molecule has 0 saturated carbocycles. The minimum Gasteiger partial charge on any atom is -0.326 e. The molecule has 1 heterocycles. The Labute approximate surface area is 135 Å². The van der Waals surface area contributed by atoms with Crippen LogP contribution in [0.15, 0.2) is 59.4 Å². The molecule has 3 heteroatoms. The van der Waals surface area contributed by atoms with Crippen LogP contribution in [0.4, 0.5) is 0 Å². The Morgan fingerprint density at radius 2 is 1.91 bits per heavy atom. The van der Waals surface area contributed by atoms with E-state index in [0.717, 1.165) is 31.5 Å². The van der Waals surface area contributed by atoms with Crippen LogP contribution in [-0.2, 0) is 13.0 Å². The maximum Gasteiger partial charge on any atom is 0.248 e. The minimum atomic E-state index is -0.000991. The van der Waals surface area contributed by atoms with Crippen LogP contribution >= 0.6 is 0 Å². The third kappa shape index (κ3) is 2.92. The summed E-state index contributed by atoms with van der Waals surface area (Å²) in [5.74, 6) is 0. The van der Waals surface area contributed by atoms with Crippen LogP contribution in [0, 0.1) is 0 Å². The van der Waals surface area contributed by atoms with Crippen LogP contribution in [0.2, 0.25) is 0 Å². The molecule has 0 fully saturated rings. The van der Waals surface area contributed by atoms with Gasteiger partial charge < -0.3 is 10.3 Å². The number of aromatic amines is 1. The van der Waals surface area contributed by atoms with Crippen molar-refractivity contribution in [1.82, 2.24) is 10.3 Å². The van der Waals surface area contributed by atoms with Gasteiger partial charge in [-0.1, -0.05) is 42.5 Å². The highest BCUT2D eigenvalue weighted by molar-refractivity contribution is 5.82. The third-order valence-electron chi connectivity index (χ3n) is 4.70. The van der Waals surface area contributed by atoms with Crippen LogP contribution in [0.1, 0.15) is 35.7 Å². The summed E-state index contributed by atoms with van der Waals surface area (Å²) in [4.78, 5) is 14.5. The van der Waals surface area contributed by atoms with Gasteiger partial charge in [0.2, 0.25) is 5.56 Å². The Morgan fingerprint density at radius 1 is 1.04 bits per heavy atom. The number of hydrogen-bond acceptors (Lipinski definition) is 2. The van der Waals surface area contributed by atoms with Gasteiger partial charge in [-0.2, -0.15) is 0 Å². The average Bonchev–Trinajstić information content (AvgIpc) is 2.59. The molecule has 0 radical (unpaired) electrons. The van der Waals surface area contributed by atoms with Crippen molar-refractivity contribution in [3.8, 4) is 0 Å². The molecule has 4 rings (SSSR count). The van der Waals surface area contributed by atoms with Gasteiger partial charge >= 0.3 is 0 Å². The number of hydrogen-bond donors (Lipinski definition) is 2. The third-order valence-corrected chi connectivity index (χ3v) is 4.70. The van der Waals surface area contributed by atoms with E-state index in [-0.39, 0.29) is 5.56 Å². The predicted molar refractivity (Wildman–Crippen MR) is 93.5 cm³/mol. The Morgan fingerprint density at radius 3 is 2.83 bits per heavy atom. The van der Waals surface area contributed by atoms with E-state index >= 15 is 0 Å². The quantitative estimate of drug-likeness (QED) is 0.775. The average molecular weight is 304 g/mol. The topological polar surface area (TPSA) is 44.9 Å². The van der Waals surface area contributed by atoms with Gasteiger partial charge in [-0.3, -0.25) is 4.79 Å². The smallest absolute Gasteiger partial charge is 0.248 e. The lowest BCUT2D eigenvalue weighted by atomic mass is 9.91. The maximum absolute atomic E-state index is 11.5. The Hall–Kier alpha value is -2.39. The molecule has 0 bridgehead atoms. The molecule has 1 unspecified atom stereocenters. The number of H-pyrrole nitrogens is 1. The van der Waals surface area contributed by atoms with E-state index in [2.05, 4.69) is 52.8 Å². The maximum atomic E-state index is 11.5. The SMILES string of the molecule is O=c1ccc2c([nH]1)CCCC2NCc1ccc2ccccc2c1. The van der Waals surface area contributed by atoms with Crippen LogP contribution in [0.3, 0.4) is 0 Å². The van der Waals surface area contributed by atoms with Crippen molar-refractivity contribution >= 4 is 10.8 Å². The van der Waals surface area contributed by atoms with Crippen LogP contribution in [0.25, 0.3) is 10.8 Å². The Balaban J connectivity index is 1.54. The summed E-state index contributed by atoms with van der Waals surface area (Å²) in [5, 5.41) is 6.21. The first kappa shape index (κ1) is 14.2. The molecule has 2 N–H and O–H groups in total. The lowest BCUT2D eigenvalue weighted by molar-refractivity contribution is 0.453. The highest BCUT2D eigenvalue weighted by atomic mass is 16.1. The Kier molecular flexibility index (Phi) is 3.72. The highest BCUT2D eigenvalue weighted by Crippen LogP contribution is 2.28. The standard InChI is InChI=1S/C20H20N2O/c23-20-11-10-17-18(6-3-7-19(17)22-20)21-13-14-8-9-15-4-1-2-5-16(15)12-14/h1-2,4-5,8-12,18,21H,3,6-7,13H2,(H,22,23). The van der Waals surface area contributed by atoms with E-state index in [1.54, 1.807) is 6.07 Å². The number of aryl methyl sites for hydroxylation is 1. The van der Waals surface area contributed by atoms with Gasteiger partial charge in [-0.05, 0) is 47.2 Å². The molecule has 1 aliphatic carbocycles. The van der Waals surface area contributed by atoms with Gasteiger partial charge in [0.1, 0.15) is 0 Å². The first-order valence-corrected chi connectivity index (χ1v) is 8.23. The summed E-state index contributed by atoms with van der Waals surface area (Å²) < 4.78 is 0. The minimum absolute atomic E-state index is 0.000991. The molecule has 3 aromatic rings. The van der Waals surface area contributed by atoms with Crippen molar-refractivity contribution < 1.29 is 0 Å². The summed E-state index contributed by atoms with van der Waals surface area (Å²) in [6.45, 7) is 0.841. The molecule has 0 saturated heterocycles. The molecule has 2 aromatic carbocycles. The molecule has 0 aliphatic heterocycles. The molecule has 116 valence electrons. The fraction of sp³-hybridized carbons (Fsp3) is 0.250. The molecule has 3 nitrogen and oxygen atoms in total. The van der Waals surface area contributed by atoms with Gasteiger partial charge in [-0.15, -0.1) is 0 Å². The van der Waals surface area contributed by atoms with Crippen molar-refractivity contribution in [3.63, 3.8) is 0 Å². The zero-order chi connectivity index (χ0) is 15.6. The van der Waals surface area contributed by atoms with Gasteiger partial charge in [0.25, 0.3) is 0 Å². The largest absolute Gasteiger partial charge is 0.326 e. The number of aromatic nitrogens is 1. The molecule has 23 heavy (non-hydrogen) atoms. The van der Waals surface area contributed by atoms with Crippen molar-refractivity contribution in [2.45, 2.75) is 31.8 Å². The van der Waals surface area contributed by atoms with Crippen molar-refractivity contribution in [2.24, 2.45) is 0 Å². The number of nitrogens with one attached hydrogen (secondary N) is 2. The van der Waals surface area contributed by atoms with Crippen LogP contribution in [0.5, 0.6) is 0 Å². The van der Waals surface area contributed by atoms with Gasteiger partial charge in [0.15, 0.2) is 0 Å². The second kappa shape index (κ2) is 6.01. The highest BCUT2D eigenvalue weighted by Gasteiger charge is 2.20. The number of pyridine rings is 1. The number of fused-ring (bicyclic) bond motifs is 2. The van der Waals surface area contributed by atoms with Gasteiger partial charge in [-0.25, -0.2) is 0 Å². The lowest BCUT2D eigenvalue weighted by Crippen LogP contribution is -2.27. The van der Waals surface area contributed by atoms with Crippen LogP contribution < -0.4 is 10.9 Å². The zero-order valence-electron chi connectivity index (χ0n) is 13.0. The number of benzene rings is 2. The van der Waals surface area contributed by atoms with Gasteiger partial charge in [0.05, 0.1) is 0 Å². The second-order valence-corrected chi connectivity index (χ2v) is 6.26. The molecule has 1 aromatic heterocycles. The molecule has 0 spiro atoms. The van der Waals surface area contributed by atoms with E-state index in [1.165, 1.54) is 21.9 Å². The summed E-state index contributed by atoms with van der Waals surface area (Å²) in [6.07, 6.45) is 3.20. The van der Waals surface area contributed by atoms with E-state index < -0.39 is 0 Å². The summed E-state index contributed by atoms with van der Waals surface area (Å²) in [7, 11) is 0. The predicted octanol–water partition coefficient (Wildman–Crippen LogP) is 3.70. The molecular formula is C20H20N2O. The molecule has 0 amide bonds.